The Labute approximate surface area is 245 Å². The van der Waals surface area contributed by atoms with E-state index < -0.39 is 0 Å². The molecule has 0 spiro atoms. The smallest absolute Gasteiger partial charge is 0.169 e. The largest absolute Gasteiger partial charge is 0.488 e. The number of Topliss-reactive ketones (excluding diaryl/α,β-unsaturated/α-hetero) is 1. The summed E-state index contributed by atoms with van der Waals surface area (Å²) in [7, 11) is 0. The zero-order valence-corrected chi connectivity index (χ0v) is 23.3. The van der Waals surface area contributed by atoms with E-state index in [9.17, 15) is 9.18 Å². The molecule has 3 aliphatic rings. The molecule has 0 bridgehead atoms. The number of ether oxygens (including phenoxy) is 1. The molecule has 208 valence electrons. The highest BCUT2D eigenvalue weighted by Crippen LogP contribution is 2.35. The molecular weight excluding hydrogens is 521 g/mol. The molecule has 1 atom stereocenters. The molecule has 2 aliphatic carbocycles. The monoisotopic (exact) mass is 553 g/mol. The summed E-state index contributed by atoms with van der Waals surface area (Å²) in [5.41, 5.74) is 6.51. The van der Waals surface area contributed by atoms with Gasteiger partial charge in [0.2, 0.25) is 0 Å². The van der Waals surface area contributed by atoms with Crippen molar-refractivity contribution in [3.05, 3.63) is 160 Å². The molecule has 1 unspecified atom stereocenters. The number of benzene rings is 4. The number of rotatable bonds is 5. The Morgan fingerprint density at radius 1 is 0.810 bits per heavy atom. The van der Waals surface area contributed by atoms with Gasteiger partial charge in [-0.2, -0.15) is 0 Å². The van der Waals surface area contributed by atoms with Gasteiger partial charge in [0.25, 0.3) is 0 Å². The number of ketones is 1. The lowest BCUT2D eigenvalue weighted by Gasteiger charge is -2.23. The Morgan fingerprint density at radius 2 is 1.60 bits per heavy atom. The summed E-state index contributed by atoms with van der Waals surface area (Å²) in [6, 6.07) is 26.7. The van der Waals surface area contributed by atoms with Crippen LogP contribution in [-0.2, 0) is 19.4 Å². The summed E-state index contributed by atoms with van der Waals surface area (Å²) in [6.45, 7) is 0.516. The highest BCUT2D eigenvalue weighted by molar-refractivity contribution is 6.01. The van der Waals surface area contributed by atoms with E-state index in [4.69, 9.17) is 4.74 Å². The molecule has 4 heteroatoms. The van der Waals surface area contributed by atoms with Gasteiger partial charge in [0.05, 0.1) is 0 Å². The van der Waals surface area contributed by atoms with E-state index in [-0.39, 0.29) is 17.5 Å². The number of hydrogen-bond donors (Lipinski definition) is 1. The van der Waals surface area contributed by atoms with Crippen LogP contribution < -0.4 is 20.5 Å². The first-order valence-electron chi connectivity index (χ1n) is 14.3. The molecule has 1 aliphatic heterocycles. The SMILES string of the molecule is C1=CC=CNC=C1.O=C(c1ccc(F)cc1)C1C=c2c(ccc3c2=CCc2cccc(OCc4ccccc4)c2-3)CC1. The van der Waals surface area contributed by atoms with E-state index in [1.54, 1.807) is 12.1 Å². The van der Waals surface area contributed by atoms with E-state index in [1.165, 1.54) is 28.5 Å². The first kappa shape index (κ1) is 27.2. The average molecular weight is 554 g/mol. The maximum Gasteiger partial charge on any atom is 0.169 e. The number of fused-ring (bicyclic) bond motifs is 5. The number of aryl methyl sites for hydroxylation is 1. The molecule has 0 fully saturated rings. The second-order valence-electron chi connectivity index (χ2n) is 10.5. The van der Waals surface area contributed by atoms with Crippen LogP contribution in [0.15, 0.2) is 122 Å². The third-order valence-corrected chi connectivity index (χ3v) is 7.80. The standard InChI is InChI=1S/C32H25FO2.C6H7N/c33-26-15-11-24(12-16-26)32(34)25-10-9-22-13-18-28-27(29(22)19-25)17-14-23-7-4-8-30(31(23)28)35-20-21-5-2-1-3-6-21;1-2-4-6-7-5-3-1/h1-8,11-13,15-19,25H,9-10,14,20H2;1-7H. The third kappa shape index (κ3) is 6.03. The van der Waals surface area contributed by atoms with Crippen molar-refractivity contribution in [3.8, 4) is 16.9 Å². The van der Waals surface area contributed by atoms with Crippen molar-refractivity contribution in [2.45, 2.75) is 25.9 Å². The fourth-order valence-corrected chi connectivity index (χ4v) is 5.69. The van der Waals surface area contributed by atoms with E-state index >= 15 is 0 Å². The molecule has 3 nitrogen and oxygen atoms in total. The van der Waals surface area contributed by atoms with Crippen molar-refractivity contribution in [1.82, 2.24) is 5.32 Å². The molecule has 7 rings (SSSR count). The van der Waals surface area contributed by atoms with E-state index in [1.807, 2.05) is 61.0 Å². The van der Waals surface area contributed by atoms with Crippen LogP contribution in [0.4, 0.5) is 4.39 Å². The highest BCUT2D eigenvalue weighted by atomic mass is 19.1. The molecule has 0 amide bonds. The van der Waals surface area contributed by atoms with Gasteiger partial charge in [-0.3, -0.25) is 4.79 Å². The van der Waals surface area contributed by atoms with Gasteiger partial charge in [-0.05, 0) is 94.4 Å². The number of allylic oxidation sites excluding steroid dienone is 4. The van der Waals surface area contributed by atoms with Crippen LogP contribution in [0.5, 0.6) is 5.75 Å². The molecule has 0 aromatic heterocycles. The number of halogens is 1. The summed E-state index contributed by atoms with van der Waals surface area (Å²) >= 11 is 0. The number of carbonyl (C=O) groups excluding carboxylic acids is 1. The minimum atomic E-state index is -0.327. The third-order valence-electron chi connectivity index (χ3n) is 7.80. The van der Waals surface area contributed by atoms with Gasteiger partial charge in [0.15, 0.2) is 5.78 Å². The summed E-state index contributed by atoms with van der Waals surface area (Å²) in [5.74, 6) is 0.401. The van der Waals surface area contributed by atoms with Gasteiger partial charge in [0.1, 0.15) is 18.2 Å². The molecule has 4 aromatic carbocycles. The van der Waals surface area contributed by atoms with Crippen molar-refractivity contribution in [2.75, 3.05) is 0 Å². The van der Waals surface area contributed by atoms with Gasteiger partial charge in [-0.15, -0.1) is 0 Å². The molecule has 0 radical (unpaired) electrons. The molecule has 0 saturated carbocycles. The summed E-state index contributed by atoms with van der Waals surface area (Å²) in [6.07, 6.45) is 18.4. The van der Waals surface area contributed by atoms with Crippen molar-refractivity contribution in [3.63, 3.8) is 0 Å². The second kappa shape index (κ2) is 12.7. The van der Waals surface area contributed by atoms with Gasteiger partial charge in [-0.1, -0.05) is 78.9 Å². The van der Waals surface area contributed by atoms with Crippen LogP contribution in [0.2, 0.25) is 0 Å². The molecule has 1 N–H and O–H groups in total. The predicted molar refractivity (Wildman–Crippen MR) is 168 cm³/mol. The Morgan fingerprint density at radius 3 is 2.38 bits per heavy atom. The first-order chi connectivity index (χ1) is 20.7. The fraction of sp³-hybridized carbons (Fsp3) is 0.132. The van der Waals surface area contributed by atoms with Gasteiger partial charge >= 0.3 is 0 Å². The molecule has 0 saturated heterocycles. The van der Waals surface area contributed by atoms with E-state index in [0.29, 0.717) is 12.2 Å². The van der Waals surface area contributed by atoms with Crippen LogP contribution in [-0.4, -0.2) is 5.78 Å². The van der Waals surface area contributed by atoms with Gasteiger partial charge in [0, 0.05) is 29.4 Å². The zero-order valence-electron chi connectivity index (χ0n) is 23.3. The maximum atomic E-state index is 13.3. The lowest BCUT2D eigenvalue weighted by Crippen LogP contribution is -2.37. The van der Waals surface area contributed by atoms with Crippen LogP contribution in [0.1, 0.15) is 33.5 Å². The second-order valence-corrected chi connectivity index (χ2v) is 10.5. The Hall–Kier alpha value is -4.96. The molecule has 4 aromatic rings. The summed E-state index contributed by atoms with van der Waals surface area (Å²) < 4.78 is 19.7. The van der Waals surface area contributed by atoms with E-state index in [0.717, 1.165) is 46.9 Å². The average Bonchev–Trinajstić information content (AvgIpc) is 3.37. The van der Waals surface area contributed by atoms with Crippen molar-refractivity contribution in [1.29, 1.82) is 0 Å². The van der Waals surface area contributed by atoms with Crippen LogP contribution >= 0.6 is 0 Å². The Bertz CT molecular complexity index is 1790. The summed E-state index contributed by atoms with van der Waals surface area (Å²) in [4.78, 5) is 13.2. The topological polar surface area (TPSA) is 38.3 Å². The maximum absolute atomic E-state index is 13.3. The number of nitrogens with one attached hydrogen (secondary N) is 1. The Kier molecular flexibility index (Phi) is 8.23. The predicted octanol–water partition coefficient (Wildman–Crippen LogP) is 6.81. The summed E-state index contributed by atoms with van der Waals surface area (Å²) in [5, 5.41) is 5.26. The van der Waals surface area contributed by atoms with Crippen LogP contribution in [0.3, 0.4) is 0 Å². The minimum absolute atomic E-state index is 0.0522. The van der Waals surface area contributed by atoms with E-state index in [2.05, 4.69) is 53.9 Å². The quantitative estimate of drug-likeness (QED) is 0.276. The molecule has 42 heavy (non-hydrogen) atoms. The zero-order chi connectivity index (χ0) is 28.7. The van der Waals surface area contributed by atoms with Crippen LogP contribution in [0.25, 0.3) is 23.3 Å². The van der Waals surface area contributed by atoms with Gasteiger partial charge < -0.3 is 10.1 Å². The number of hydrogen-bond acceptors (Lipinski definition) is 3. The van der Waals surface area contributed by atoms with Crippen molar-refractivity contribution < 1.29 is 13.9 Å². The molecular formula is C38H32FNO2. The van der Waals surface area contributed by atoms with Crippen molar-refractivity contribution >= 4 is 17.9 Å². The lowest BCUT2D eigenvalue weighted by molar-refractivity contribution is 0.0946. The molecule has 1 heterocycles. The first-order valence-corrected chi connectivity index (χ1v) is 14.3. The lowest BCUT2D eigenvalue weighted by atomic mass is 9.82. The van der Waals surface area contributed by atoms with Gasteiger partial charge in [-0.25, -0.2) is 4.39 Å². The van der Waals surface area contributed by atoms with Crippen LogP contribution in [0, 0.1) is 11.7 Å². The normalized spacial score (nSPS) is 15.7. The minimum Gasteiger partial charge on any atom is -0.488 e. The van der Waals surface area contributed by atoms with Crippen molar-refractivity contribution in [2.24, 2.45) is 5.92 Å². The Balaban J connectivity index is 0.000000397. The number of carbonyl (C=O) groups is 1. The fourth-order valence-electron chi connectivity index (χ4n) is 5.69. The highest BCUT2D eigenvalue weighted by Gasteiger charge is 2.24.